The minimum absolute atomic E-state index is 0.0513. The van der Waals surface area contributed by atoms with Crippen molar-refractivity contribution in [3.63, 3.8) is 0 Å². The second kappa shape index (κ2) is 8.91. The van der Waals surface area contributed by atoms with Crippen LogP contribution in [0.3, 0.4) is 0 Å². The highest BCUT2D eigenvalue weighted by Gasteiger charge is 2.33. The molecule has 0 saturated carbocycles. The molecule has 2 rings (SSSR count). The Bertz CT molecular complexity index is 450. The molecule has 0 aromatic heterocycles. The molecule has 1 aromatic carbocycles. The minimum Gasteiger partial charge on any atom is -0.383 e. The molecule has 122 valence electrons. The summed E-state index contributed by atoms with van der Waals surface area (Å²) in [7, 11) is 3.79. The summed E-state index contributed by atoms with van der Waals surface area (Å²) in [4.78, 5) is 14.7. The summed E-state index contributed by atoms with van der Waals surface area (Å²) in [6, 6.07) is 10.6. The van der Waals surface area contributed by atoms with Gasteiger partial charge < -0.3 is 15.0 Å². The summed E-state index contributed by atoms with van der Waals surface area (Å²) < 4.78 is 5.29. The molecule has 22 heavy (non-hydrogen) atoms. The fourth-order valence-electron chi connectivity index (χ4n) is 3.23. The van der Waals surface area contributed by atoms with Crippen LogP contribution in [0.5, 0.6) is 0 Å². The maximum Gasteiger partial charge on any atom is 0.224 e. The molecule has 0 radical (unpaired) electrons. The molecule has 1 N–H and O–H groups in total. The van der Waals surface area contributed by atoms with Gasteiger partial charge in [0.1, 0.15) is 0 Å². The number of likely N-dealkylation sites (N-methyl/N-ethyl adjacent to an activating group) is 1. The van der Waals surface area contributed by atoms with Gasteiger partial charge in [0.2, 0.25) is 5.91 Å². The van der Waals surface area contributed by atoms with Crippen molar-refractivity contribution in [1.82, 2.24) is 10.2 Å². The lowest BCUT2D eigenvalue weighted by atomic mass is 9.89. The van der Waals surface area contributed by atoms with Gasteiger partial charge in [-0.2, -0.15) is 0 Å². The third kappa shape index (κ3) is 4.82. The quantitative estimate of drug-likeness (QED) is 0.784. The number of rotatable bonds is 7. The first kappa shape index (κ1) is 17.0. The lowest BCUT2D eigenvalue weighted by Gasteiger charge is -2.37. The number of aryl methyl sites for hydroxylation is 1. The van der Waals surface area contributed by atoms with Crippen LogP contribution in [0.15, 0.2) is 30.3 Å². The van der Waals surface area contributed by atoms with Crippen molar-refractivity contribution in [2.45, 2.75) is 31.7 Å². The maximum atomic E-state index is 12.4. The van der Waals surface area contributed by atoms with E-state index in [1.54, 1.807) is 7.11 Å². The molecular weight excluding hydrogens is 276 g/mol. The van der Waals surface area contributed by atoms with E-state index in [1.165, 1.54) is 5.56 Å². The minimum atomic E-state index is 0.0513. The van der Waals surface area contributed by atoms with Crippen LogP contribution >= 0.6 is 0 Å². The second-order valence-corrected chi connectivity index (χ2v) is 6.13. The molecule has 1 heterocycles. The third-order valence-corrected chi connectivity index (χ3v) is 4.52. The molecule has 1 fully saturated rings. The highest BCUT2D eigenvalue weighted by molar-refractivity contribution is 5.79. The fourth-order valence-corrected chi connectivity index (χ4v) is 3.23. The summed E-state index contributed by atoms with van der Waals surface area (Å²) in [6.07, 6.45) is 4.03. The Kier molecular flexibility index (Phi) is 6.87. The van der Waals surface area contributed by atoms with Crippen LogP contribution in [0.4, 0.5) is 0 Å². The van der Waals surface area contributed by atoms with E-state index >= 15 is 0 Å². The van der Waals surface area contributed by atoms with Gasteiger partial charge in [0.05, 0.1) is 12.5 Å². The second-order valence-electron chi connectivity index (χ2n) is 6.13. The molecule has 4 nitrogen and oxygen atoms in total. The van der Waals surface area contributed by atoms with Crippen molar-refractivity contribution in [2.24, 2.45) is 5.92 Å². The zero-order valence-electron chi connectivity index (χ0n) is 13.8. The van der Waals surface area contributed by atoms with Gasteiger partial charge in [-0.25, -0.2) is 0 Å². The molecule has 1 aromatic rings. The molecule has 1 aliphatic rings. The molecule has 1 saturated heterocycles. The molecule has 0 aliphatic carbocycles. The lowest BCUT2D eigenvalue weighted by molar-refractivity contribution is -0.129. The Morgan fingerprint density at radius 3 is 2.86 bits per heavy atom. The summed E-state index contributed by atoms with van der Waals surface area (Å²) in [5.74, 6) is 0.233. The number of likely N-dealkylation sites (tertiary alicyclic amines) is 1. The number of piperidine rings is 1. The lowest BCUT2D eigenvalue weighted by Crippen LogP contribution is -2.51. The number of methoxy groups -OCH3 is 1. The number of nitrogens with zero attached hydrogens (tertiary/aromatic N) is 1. The number of hydrogen-bond acceptors (Lipinski definition) is 3. The Balaban J connectivity index is 1.75. The van der Waals surface area contributed by atoms with Crippen LogP contribution in [0.2, 0.25) is 0 Å². The average molecular weight is 304 g/mol. The predicted molar refractivity (Wildman–Crippen MR) is 88.8 cm³/mol. The first-order valence-corrected chi connectivity index (χ1v) is 8.23. The molecule has 1 amide bonds. The number of carbonyl (C=O) groups is 1. The maximum absolute atomic E-state index is 12.4. The zero-order chi connectivity index (χ0) is 15.8. The SMILES string of the molecule is COC[C@@H]1[C@H](C(=O)NCCCc2ccccc2)CCCN1C. The summed E-state index contributed by atoms with van der Waals surface area (Å²) >= 11 is 0. The zero-order valence-corrected chi connectivity index (χ0v) is 13.8. The number of benzene rings is 1. The number of carbonyl (C=O) groups excluding carboxylic acids is 1. The first-order valence-electron chi connectivity index (χ1n) is 8.23. The monoisotopic (exact) mass is 304 g/mol. The van der Waals surface area contributed by atoms with Gasteiger partial charge in [0.25, 0.3) is 0 Å². The van der Waals surface area contributed by atoms with E-state index in [1.807, 2.05) is 6.07 Å². The van der Waals surface area contributed by atoms with E-state index in [0.717, 1.165) is 38.8 Å². The van der Waals surface area contributed by atoms with Crippen molar-refractivity contribution < 1.29 is 9.53 Å². The number of ether oxygens (including phenoxy) is 1. The van der Waals surface area contributed by atoms with Gasteiger partial charge in [-0.15, -0.1) is 0 Å². The van der Waals surface area contributed by atoms with Gasteiger partial charge in [0.15, 0.2) is 0 Å². The van der Waals surface area contributed by atoms with E-state index in [-0.39, 0.29) is 17.9 Å². The molecule has 0 bridgehead atoms. The summed E-state index contributed by atoms with van der Waals surface area (Å²) in [5, 5.41) is 3.11. The Labute approximate surface area is 133 Å². The molecule has 2 atom stereocenters. The molecular formula is C18H28N2O2. The first-order chi connectivity index (χ1) is 10.7. The van der Waals surface area contributed by atoms with E-state index in [4.69, 9.17) is 4.74 Å². The van der Waals surface area contributed by atoms with Gasteiger partial charge in [-0.3, -0.25) is 4.79 Å². The summed E-state index contributed by atoms with van der Waals surface area (Å²) in [5.41, 5.74) is 1.33. The van der Waals surface area contributed by atoms with E-state index in [0.29, 0.717) is 6.61 Å². The molecule has 0 unspecified atom stereocenters. The van der Waals surface area contributed by atoms with Crippen LogP contribution in [0.25, 0.3) is 0 Å². The van der Waals surface area contributed by atoms with Crippen LogP contribution < -0.4 is 5.32 Å². The Hall–Kier alpha value is -1.39. The topological polar surface area (TPSA) is 41.6 Å². The van der Waals surface area contributed by atoms with Gasteiger partial charge in [0, 0.05) is 19.7 Å². The van der Waals surface area contributed by atoms with Crippen molar-refractivity contribution >= 4 is 5.91 Å². The van der Waals surface area contributed by atoms with E-state index in [9.17, 15) is 4.79 Å². The third-order valence-electron chi connectivity index (χ3n) is 4.52. The van der Waals surface area contributed by atoms with E-state index in [2.05, 4.69) is 41.5 Å². The van der Waals surface area contributed by atoms with Crippen molar-refractivity contribution in [1.29, 1.82) is 0 Å². The Morgan fingerprint density at radius 2 is 2.14 bits per heavy atom. The molecule has 0 spiro atoms. The van der Waals surface area contributed by atoms with Crippen molar-refractivity contribution in [3.8, 4) is 0 Å². The molecule has 1 aliphatic heterocycles. The highest BCUT2D eigenvalue weighted by Crippen LogP contribution is 2.23. The number of nitrogens with one attached hydrogen (secondary N) is 1. The van der Waals surface area contributed by atoms with Crippen LogP contribution in [-0.4, -0.2) is 50.7 Å². The van der Waals surface area contributed by atoms with Gasteiger partial charge >= 0.3 is 0 Å². The van der Waals surface area contributed by atoms with Crippen LogP contribution in [0.1, 0.15) is 24.8 Å². The van der Waals surface area contributed by atoms with Gasteiger partial charge in [-0.05, 0) is 44.8 Å². The predicted octanol–water partition coefficient (Wildman–Crippen LogP) is 2.09. The smallest absolute Gasteiger partial charge is 0.224 e. The average Bonchev–Trinajstić information content (AvgIpc) is 2.54. The summed E-state index contributed by atoms with van der Waals surface area (Å²) in [6.45, 7) is 2.41. The fraction of sp³-hybridized carbons (Fsp3) is 0.611. The Morgan fingerprint density at radius 1 is 1.36 bits per heavy atom. The van der Waals surface area contributed by atoms with Gasteiger partial charge in [-0.1, -0.05) is 30.3 Å². The van der Waals surface area contributed by atoms with E-state index < -0.39 is 0 Å². The normalized spacial score (nSPS) is 22.5. The standard InChI is InChI=1S/C18H28N2O2/c1-20-13-7-11-16(17(20)14-22-2)18(21)19-12-6-10-15-8-4-3-5-9-15/h3-5,8-9,16-17H,6-7,10-14H2,1-2H3,(H,19,21)/t16-,17-/m1/s1. The largest absolute Gasteiger partial charge is 0.383 e. The number of amides is 1. The molecule has 4 heteroatoms. The van der Waals surface area contributed by atoms with Crippen molar-refractivity contribution in [2.75, 3.05) is 33.9 Å². The van der Waals surface area contributed by atoms with Crippen LogP contribution in [0, 0.1) is 5.92 Å². The highest BCUT2D eigenvalue weighted by atomic mass is 16.5. The van der Waals surface area contributed by atoms with Crippen LogP contribution in [-0.2, 0) is 16.0 Å². The number of hydrogen-bond donors (Lipinski definition) is 1. The van der Waals surface area contributed by atoms with Crippen molar-refractivity contribution in [3.05, 3.63) is 35.9 Å².